The maximum absolute atomic E-state index is 12.0. The van der Waals surface area contributed by atoms with Gasteiger partial charge in [-0.25, -0.2) is 0 Å². The molecule has 25 heavy (non-hydrogen) atoms. The lowest BCUT2D eigenvalue weighted by atomic mass is 10.1. The van der Waals surface area contributed by atoms with Crippen LogP contribution in [0.5, 0.6) is 0 Å². The summed E-state index contributed by atoms with van der Waals surface area (Å²) in [5, 5.41) is 5.78. The second kappa shape index (κ2) is 9.02. The average Bonchev–Trinajstić information content (AvgIpc) is 2.60. The number of benzene rings is 2. The Balaban J connectivity index is 1.75. The standard InChI is InChI=1S/C21H26N2O2/c1-15(2)21(25)23-19-11-8-18(9-12-19)14-22-20(24)13-10-17-6-4-16(3)5-7-17/h4-9,11-12,15H,10,13-14H2,1-3H3,(H,22,24)(H,23,25). The molecule has 132 valence electrons. The molecule has 0 aromatic heterocycles. The lowest BCUT2D eigenvalue weighted by Gasteiger charge is -2.09. The van der Waals surface area contributed by atoms with E-state index in [0.717, 1.165) is 17.7 Å². The van der Waals surface area contributed by atoms with Gasteiger partial charge in [-0.2, -0.15) is 0 Å². The maximum Gasteiger partial charge on any atom is 0.226 e. The Morgan fingerprint density at radius 3 is 2.12 bits per heavy atom. The second-order valence-electron chi connectivity index (χ2n) is 6.60. The van der Waals surface area contributed by atoms with E-state index in [-0.39, 0.29) is 17.7 Å². The van der Waals surface area contributed by atoms with Gasteiger partial charge in [-0.3, -0.25) is 9.59 Å². The van der Waals surface area contributed by atoms with Crippen molar-refractivity contribution in [2.45, 2.75) is 40.2 Å². The quantitative estimate of drug-likeness (QED) is 0.806. The Bertz CT molecular complexity index is 704. The number of nitrogens with one attached hydrogen (secondary N) is 2. The Hall–Kier alpha value is -2.62. The first-order valence-corrected chi connectivity index (χ1v) is 8.66. The first-order chi connectivity index (χ1) is 11.9. The highest BCUT2D eigenvalue weighted by atomic mass is 16.2. The summed E-state index contributed by atoms with van der Waals surface area (Å²) in [6.45, 7) is 6.26. The molecule has 0 atom stereocenters. The maximum atomic E-state index is 12.0. The summed E-state index contributed by atoms with van der Waals surface area (Å²) in [6.07, 6.45) is 1.22. The molecule has 4 heteroatoms. The Morgan fingerprint density at radius 2 is 1.52 bits per heavy atom. The number of rotatable bonds is 7. The highest BCUT2D eigenvalue weighted by molar-refractivity contribution is 5.92. The van der Waals surface area contributed by atoms with Crippen LogP contribution in [0.15, 0.2) is 48.5 Å². The third-order valence-electron chi connectivity index (χ3n) is 4.00. The topological polar surface area (TPSA) is 58.2 Å². The van der Waals surface area contributed by atoms with Crippen molar-refractivity contribution in [1.82, 2.24) is 5.32 Å². The number of aryl methyl sites for hydroxylation is 2. The molecule has 2 N–H and O–H groups in total. The number of carbonyl (C=O) groups is 2. The molecule has 2 aromatic rings. The Labute approximate surface area is 149 Å². The summed E-state index contributed by atoms with van der Waals surface area (Å²) >= 11 is 0. The van der Waals surface area contributed by atoms with E-state index in [1.165, 1.54) is 11.1 Å². The smallest absolute Gasteiger partial charge is 0.226 e. The predicted molar refractivity (Wildman–Crippen MR) is 101 cm³/mol. The Kier molecular flexibility index (Phi) is 6.75. The van der Waals surface area contributed by atoms with Crippen molar-refractivity contribution in [1.29, 1.82) is 0 Å². The summed E-state index contributed by atoms with van der Waals surface area (Å²) in [7, 11) is 0. The summed E-state index contributed by atoms with van der Waals surface area (Å²) in [5.41, 5.74) is 4.17. The molecule has 0 fully saturated rings. The molecule has 0 aliphatic carbocycles. The number of hydrogen-bond donors (Lipinski definition) is 2. The van der Waals surface area contributed by atoms with Crippen molar-refractivity contribution in [3.8, 4) is 0 Å². The van der Waals surface area contributed by atoms with Crippen LogP contribution in [0.25, 0.3) is 0 Å². The van der Waals surface area contributed by atoms with Crippen LogP contribution in [-0.2, 0) is 22.6 Å². The van der Waals surface area contributed by atoms with Crippen LogP contribution in [0, 0.1) is 12.8 Å². The van der Waals surface area contributed by atoms with Gasteiger partial charge in [0.15, 0.2) is 0 Å². The van der Waals surface area contributed by atoms with Crippen LogP contribution in [-0.4, -0.2) is 11.8 Å². The first-order valence-electron chi connectivity index (χ1n) is 8.66. The van der Waals surface area contributed by atoms with Gasteiger partial charge >= 0.3 is 0 Å². The van der Waals surface area contributed by atoms with Gasteiger partial charge in [0.25, 0.3) is 0 Å². The average molecular weight is 338 g/mol. The van der Waals surface area contributed by atoms with Gasteiger partial charge in [0.05, 0.1) is 0 Å². The van der Waals surface area contributed by atoms with Crippen LogP contribution < -0.4 is 10.6 Å². The molecule has 0 spiro atoms. The second-order valence-corrected chi connectivity index (χ2v) is 6.60. The third kappa shape index (κ3) is 6.42. The van der Waals surface area contributed by atoms with Crippen molar-refractivity contribution in [2.75, 3.05) is 5.32 Å². The molecule has 0 unspecified atom stereocenters. The largest absolute Gasteiger partial charge is 0.352 e. The zero-order valence-corrected chi connectivity index (χ0v) is 15.1. The highest BCUT2D eigenvalue weighted by Crippen LogP contribution is 2.11. The van der Waals surface area contributed by atoms with E-state index < -0.39 is 0 Å². The minimum Gasteiger partial charge on any atom is -0.352 e. The van der Waals surface area contributed by atoms with E-state index in [4.69, 9.17) is 0 Å². The summed E-state index contributed by atoms with van der Waals surface area (Å²) in [6, 6.07) is 15.8. The van der Waals surface area contributed by atoms with Gasteiger partial charge in [-0.15, -0.1) is 0 Å². The zero-order valence-electron chi connectivity index (χ0n) is 15.1. The lowest BCUT2D eigenvalue weighted by Crippen LogP contribution is -2.23. The number of amides is 2. The minimum atomic E-state index is -0.0486. The van der Waals surface area contributed by atoms with E-state index in [9.17, 15) is 9.59 Å². The van der Waals surface area contributed by atoms with E-state index in [1.54, 1.807) is 0 Å². The molecular formula is C21H26N2O2. The SMILES string of the molecule is Cc1ccc(CCC(=O)NCc2ccc(NC(=O)C(C)C)cc2)cc1. The van der Waals surface area contributed by atoms with Crippen molar-refractivity contribution in [3.63, 3.8) is 0 Å². The monoisotopic (exact) mass is 338 g/mol. The molecule has 2 amide bonds. The van der Waals surface area contributed by atoms with Gasteiger partial charge in [-0.05, 0) is 36.6 Å². The first kappa shape index (κ1) is 18.7. The van der Waals surface area contributed by atoms with Crippen LogP contribution >= 0.6 is 0 Å². The zero-order chi connectivity index (χ0) is 18.2. The van der Waals surface area contributed by atoms with Crippen molar-refractivity contribution in [3.05, 3.63) is 65.2 Å². The number of hydrogen-bond acceptors (Lipinski definition) is 2. The molecule has 2 rings (SSSR count). The molecule has 0 heterocycles. The summed E-state index contributed by atoms with van der Waals surface area (Å²) in [5.74, 6) is -0.0117. The van der Waals surface area contributed by atoms with Gasteiger partial charge < -0.3 is 10.6 Å². The summed E-state index contributed by atoms with van der Waals surface area (Å²) < 4.78 is 0. The van der Waals surface area contributed by atoms with Gasteiger partial charge in [-0.1, -0.05) is 55.8 Å². The van der Waals surface area contributed by atoms with Crippen LogP contribution in [0.4, 0.5) is 5.69 Å². The number of carbonyl (C=O) groups excluding carboxylic acids is 2. The van der Waals surface area contributed by atoms with Crippen molar-refractivity contribution < 1.29 is 9.59 Å². The van der Waals surface area contributed by atoms with Gasteiger partial charge in [0.1, 0.15) is 0 Å². The number of anilines is 1. The highest BCUT2D eigenvalue weighted by Gasteiger charge is 2.07. The summed E-state index contributed by atoms with van der Waals surface area (Å²) in [4.78, 5) is 23.6. The molecule has 2 aromatic carbocycles. The molecule has 0 bridgehead atoms. The molecule has 0 radical (unpaired) electrons. The molecule has 0 saturated carbocycles. The van der Waals surface area contributed by atoms with Crippen molar-refractivity contribution in [2.24, 2.45) is 5.92 Å². The minimum absolute atomic E-state index is 0.00263. The molecule has 0 saturated heterocycles. The third-order valence-corrected chi connectivity index (χ3v) is 4.00. The van der Waals surface area contributed by atoms with E-state index in [2.05, 4.69) is 41.8 Å². The van der Waals surface area contributed by atoms with Crippen LogP contribution in [0.3, 0.4) is 0 Å². The van der Waals surface area contributed by atoms with Gasteiger partial charge in [0.2, 0.25) is 11.8 Å². The van der Waals surface area contributed by atoms with E-state index >= 15 is 0 Å². The molecule has 0 aliphatic heterocycles. The normalized spacial score (nSPS) is 10.6. The molecular weight excluding hydrogens is 312 g/mol. The van der Waals surface area contributed by atoms with E-state index in [1.807, 2.05) is 38.1 Å². The molecule has 4 nitrogen and oxygen atoms in total. The fourth-order valence-electron chi connectivity index (χ4n) is 2.29. The van der Waals surface area contributed by atoms with Crippen molar-refractivity contribution >= 4 is 17.5 Å². The fourth-order valence-corrected chi connectivity index (χ4v) is 2.29. The Morgan fingerprint density at radius 1 is 0.920 bits per heavy atom. The van der Waals surface area contributed by atoms with Crippen LogP contribution in [0.2, 0.25) is 0 Å². The lowest BCUT2D eigenvalue weighted by molar-refractivity contribution is -0.121. The van der Waals surface area contributed by atoms with E-state index in [0.29, 0.717) is 13.0 Å². The fraction of sp³-hybridized carbons (Fsp3) is 0.333. The van der Waals surface area contributed by atoms with Crippen LogP contribution in [0.1, 0.15) is 37.0 Å². The van der Waals surface area contributed by atoms with Gasteiger partial charge in [0, 0.05) is 24.6 Å². The molecule has 0 aliphatic rings. The predicted octanol–water partition coefficient (Wildman–Crippen LogP) is 3.84.